The normalized spacial score (nSPS) is 20.1. The minimum Gasteiger partial charge on any atom is -0.443 e. The van der Waals surface area contributed by atoms with E-state index in [0.717, 1.165) is 0 Å². The summed E-state index contributed by atoms with van der Waals surface area (Å²) in [4.78, 5) is 18.3. The number of fused-ring (bicyclic) bond motifs is 1. The number of carbonyl (C=O) groups excluding carboxylic acids is 1. The van der Waals surface area contributed by atoms with Crippen LogP contribution in [0.2, 0.25) is 5.15 Å². The van der Waals surface area contributed by atoms with E-state index < -0.39 is 11.7 Å². The van der Waals surface area contributed by atoms with E-state index in [2.05, 4.69) is 16.2 Å². The lowest BCUT2D eigenvalue weighted by Crippen LogP contribution is -2.40. The second kappa shape index (κ2) is 5.39. The van der Waals surface area contributed by atoms with Crippen LogP contribution in [0.15, 0.2) is 18.3 Å². The Kier molecular flexibility index (Phi) is 3.65. The van der Waals surface area contributed by atoms with E-state index in [9.17, 15) is 4.79 Å². The maximum Gasteiger partial charge on any atom is 0.416 e. The van der Waals surface area contributed by atoms with E-state index in [0.29, 0.717) is 17.9 Å². The fourth-order valence-corrected chi connectivity index (χ4v) is 2.54. The van der Waals surface area contributed by atoms with Gasteiger partial charge in [-0.05, 0) is 27.2 Å². The van der Waals surface area contributed by atoms with Crippen LogP contribution in [0.5, 0.6) is 0 Å². The van der Waals surface area contributed by atoms with Crippen LogP contribution in [0, 0.1) is 17.2 Å². The molecule has 0 saturated heterocycles. The largest absolute Gasteiger partial charge is 0.443 e. The van der Waals surface area contributed by atoms with E-state index >= 15 is 0 Å². The molecule has 1 fully saturated rings. The first kappa shape index (κ1) is 15.6. The highest BCUT2D eigenvalue weighted by atomic mass is 35.5. The lowest BCUT2D eigenvalue weighted by Gasteiger charge is -2.27. The first-order chi connectivity index (χ1) is 10.8. The molecule has 7 nitrogen and oxygen atoms in total. The standard InChI is InChI=1S/C15H16ClN5O2/c1-15(2,3)23-14(22)20(10-6-9(10)8-17)13-7-11(16)19-12-4-5-18-21(12)13/h4-5,7,9-10H,6H2,1-3H3. The van der Waals surface area contributed by atoms with E-state index in [1.165, 1.54) is 9.42 Å². The van der Waals surface area contributed by atoms with Gasteiger partial charge in [0, 0.05) is 12.1 Å². The fourth-order valence-electron chi connectivity index (χ4n) is 2.35. The summed E-state index contributed by atoms with van der Waals surface area (Å²) in [6.45, 7) is 5.38. The van der Waals surface area contributed by atoms with Crippen molar-refractivity contribution in [2.24, 2.45) is 5.92 Å². The van der Waals surface area contributed by atoms with Crippen molar-refractivity contribution in [1.82, 2.24) is 14.6 Å². The molecule has 1 aliphatic carbocycles. The molecule has 2 heterocycles. The smallest absolute Gasteiger partial charge is 0.416 e. The van der Waals surface area contributed by atoms with Crippen LogP contribution in [-0.4, -0.2) is 32.3 Å². The van der Waals surface area contributed by atoms with E-state index in [1.54, 1.807) is 39.1 Å². The fraction of sp³-hybridized carbons (Fsp3) is 0.467. The molecule has 0 radical (unpaired) electrons. The maximum absolute atomic E-state index is 12.7. The summed E-state index contributed by atoms with van der Waals surface area (Å²) in [6, 6.07) is 5.18. The van der Waals surface area contributed by atoms with Gasteiger partial charge in [0.05, 0.1) is 24.2 Å². The van der Waals surface area contributed by atoms with Crippen molar-refractivity contribution >= 4 is 29.2 Å². The third-order valence-corrected chi connectivity index (χ3v) is 3.59. The molecule has 1 saturated carbocycles. The molecule has 0 N–H and O–H groups in total. The molecule has 2 atom stereocenters. The maximum atomic E-state index is 12.7. The summed E-state index contributed by atoms with van der Waals surface area (Å²) in [5.41, 5.74) is -0.123. The van der Waals surface area contributed by atoms with Crippen molar-refractivity contribution < 1.29 is 9.53 Å². The van der Waals surface area contributed by atoms with Crippen LogP contribution in [0.3, 0.4) is 0 Å². The molecule has 2 aromatic rings. The molecule has 120 valence electrons. The monoisotopic (exact) mass is 333 g/mol. The Morgan fingerprint density at radius 3 is 2.91 bits per heavy atom. The quantitative estimate of drug-likeness (QED) is 0.789. The van der Waals surface area contributed by atoms with Crippen LogP contribution in [0.1, 0.15) is 27.2 Å². The molecule has 0 aromatic carbocycles. The topological polar surface area (TPSA) is 83.5 Å². The number of carbonyl (C=O) groups is 1. The SMILES string of the molecule is CC(C)(C)OC(=O)N(c1cc(Cl)nc2ccnn12)C1CC1C#N. The number of nitriles is 1. The highest BCUT2D eigenvalue weighted by Gasteiger charge is 2.47. The summed E-state index contributed by atoms with van der Waals surface area (Å²) in [6.07, 6.45) is 1.64. The van der Waals surface area contributed by atoms with Crippen LogP contribution in [-0.2, 0) is 4.74 Å². The lowest BCUT2D eigenvalue weighted by molar-refractivity contribution is 0.0575. The van der Waals surface area contributed by atoms with Crippen LogP contribution < -0.4 is 4.90 Å². The van der Waals surface area contributed by atoms with Crippen molar-refractivity contribution in [3.63, 3.8) is 0 Å². The van der Waals surface area contributed by atoms with Gasteiger partial charge in [-0.3, -0.25) is 4.90 Å². The Labute approximate surface area is 138 Å². The molecule has 3 rings (SSSR count). The van der Waals surface area contributed by atoms with Gasteiger partial charge in [-0.2, -0.15) is 14.9 Å². The van der Waals surface area contributed by atoms with Crippen molar-refractivity contribution in [1.29, 1.82) is 5.26 Å². The number of hydrogen-bond donors (Lipinski definition) is 0. The van der Waals surface area contributed by atoms with Crippen molar-refractivity contribution in [2.45, 2.75) is 38.8 Å². The zero-order valence-electron chi connectivity index (χ0n) is 13.0. The average molecular weight is 334 g/mol. The summed E-state index contributed by atoms with van der Waals surface area (Å²) in [5, 5.41) is 13.6. The minimum absolute atomic E-state index is 0.222. The molecule has 8 heteroatoms. The second-order valence-corrected chi connectivity index (χ2v) is 6.81. The Bertz CT molecular complexity index is 804. The first-order valence-electron chi connectivity index (χ1n) is 7.22. The number of rotatable bonds is 2. The zero-order valence-corrected chi connectivity index (χ0v) is 13.8. The van der Waals surface area contributed by atoms with Crippen LogP contribution in [0.4, 0.5) is 10.6 Å². The van der Waals surface area contributed by atoms with Gasteiger partial charge in [0.25, 0.3) is 0 Å². The van der Waals surface area contributed by atoms with Gasteiger partial charge in [-0.15, -0.1) is 0 Å². The summed E-state index contributed by atoms with van der Waals surface area (Å²) < 4.78 is 7.00. The van der Waals surface area contributed by atoms with Crippen molar-refractivity contribution in [3.05, 3.63) is 23.5 Å². The third kappa shape index (κ3) is 3.08. The third-order valence-electron chi connectivity index (χ3n) is 3.40. The molecule has 0 bridgehead atoms. The van der Waals surface area contributed by atoms with Crippen LogP contribution >= 0.6 is 11.6 Å². The highest BCUT2D eigenvalue weighted by Crippen LogP contribution is 2.39. The summed E-state index contributed by atoms with van der Waals surface area (Å²) >= 11 is 6.06. The Morgan fingerprint density at radius 1 is 1.57 bits per heavy atom. The first-order valence-corrected chi connectivity index (χ1v) is 7.60. The molecule has 2 unspecified atom stereocenters. The van der Waals surface area contributed by atoms with Crippen molar-refractivity contribution in [3.8, 4) is 6.07 Å². The Morgan fingerprint density at radius 2 is 2.30 bits per heavy atom. The summed E-state index contributed by atoms with van der Waals surface area (Å²) in [5.74, 6) is 0.224. The number of nitrogens with zero attached hydrogens (tertiary/aromatic N) is 5. The van der Waals surface area contributed by atoms with Crippen LogP contribution in [0.25, 0.3) is 5.65 Å². The van der Waals surface area contributed by atoms with Gasteiger partial charge in [-0.25, -0.2) is 9.78 Å². The molecule has 2 aromatic heterocycles. The Hall–Kier alpha value is -2.33. The van der Waals surface area contributed by atoms with Gasteiger partial charge >= 0.3 is 6.09 Å². The number of aromatic nitrogens is 3. The van der Waals surface area contributed by atoms with Gasteiger partial charge in [0.15, 0.2) is 5.65 Å². The van der Waals surface area contributed by atoms with Gasteiger partial charge in [0.1, 0.15) is 16.6 Å². The molecule has 23 heavy (non-hydrogen) atoms. The van der Waals surface area contributed by atoms with Gasteiger partial charge in [0.2, 0.25) is 0 Å². The van der Waals surface area contributed by atoms with Gasteiger partial charge in [-0.1, -0.05) is 11.6 Å². The number of halogens is 1. The second-order valence-electron chi connectivity index (χ2n) is 6.43. The number of anilines is 1. The molecular weight excluding hydrogens is 318 g/mol. The molecule has 0 aliphatic heterocycles. The molecule has 1 aliphatic rings. The minimum atomic E-state index is -0.646. The number of hydrogen-bond acceptors (Lipinski definition) is 5. The zero-order chi connectivity index (χ0) is 16.8. The molecule has 0 spiro atoms. The number of amides is 1. The summed E-state index contributed by atoms with van der Waals surface area (Å²) in [7, 11) is 0. The van der Waals surface area contributed by atoms with E-state index in [-0.39, 0.29) is 17.1 Å². The average Bonchev–Trinajstić information content (AvgIpc) is 3.03. The predicted octanol–water partition coefficient (Wildman–Crippen LogP) is 3.04. The van der Waals surface area contributed by atoms with E-state index in [1.807, 2.05) is 0 Å². The Balaban J connectivity index is 2.06. The van der Waals surface area contributed by atoms with Crippen molar-refractivity contribution in [2.75, 3.05) is 4.90 Å². The number of ether oxygens (including phenoxy) is 1. The lowest BCUT2D eigenvalue weighted by atomic mass is 10.2. The molecular formula is C15H16ClN5O2. The highest BCUT2D eigenvalue weighted by molar-refractivity contribution is 6.29. The molecule has 1 amide bonds. The predicted molar refractivity (Wildman–Crippen MR) is 84.2 cm³/mol. The van der Waals surface area contributed by atoms with E-state index in [4.69, 9.17) is 21.6 Å². The van der Waals surface area contributed by atoms with Gasteiger partial charge < -0.3 is 4.74 Å².